The Kier molecular flexibility index (Phi) is 5.13. The third-order valence-electron chi connectivity index (χ3n) is 5.62. The van der Waals surface area contributed by atoms with E-state index in [1.54, 1.807) is 42.5 Å². The summed E-state index contributed by atoms with van der Waals surface area (Å²) >= 11 is 3.39. The van der Waals surface area contributed by atoms with E-state index in [2.05, 4.69) is 15.9 Å². The van der Waals surface area contributed by atoms with Crippen molar-refractivity contribution in [3.05, 3.63) is 111 Å². The summed E-state index contributed by atoms with van der Waals surface area (Å²) in [5.74, 6) is -2.43. The Morgan fingerprint density at radius 1 is 1.06 bits per heavy atom. The van der Waals surface area contributed by atoms with Gasteiger partial charge in [-0.05, 0) is 66.6 Å². The highest BCUT2D eigenvalue weighted by molar-refractivity contribution is 9.10. The summed E-state index contributed by atoms with van der Waals surface area (Å²) in [6.07, 6.45) is 0. The van der Waals surface area contributed by atoms with E-state index in [0.717, 1.165) is 10.0 Å². The molecule has 7 heteroatoms. The van der Waals surface area contributed by atoms with Crippen LogP contribution in [0.15, 0.2) is 93.0 Å². The molecule has 1 aromatic heterocycles. The Hall–Kier alpha value is -3.71. The Morgan fingerprint density at radius 3 is 2.55 bits per heavy atom. The topological polar surface area (TPSA) is 70.8 Å². The van der Waals surface area contributed by atoms with Crippen LogP contribution >= 0.6 is 15.9 Å². The zero-order chi connectivity index (χ0) is 23.3. The fraction of sp³-hybridized carbons (Fsp3) is 0.0769. The highest BCUT2D eigenvalue weighted by Gasteiger charge is 2.45. The second kappa shape index (κ2) is 8.01. The van der Waals surface area contributed by atoms with Crippen LogP contribution in [0, 0.1) is 12.7 Å². The van der Waals surface area contributed by atoms with Crippen molar-refractivity contribution in [1.82, 2.24) is 0 Å². The van der Waals surface area contributed by atoms with Gasteiger partial charge in [-0.15, -0.1) is 0 Å². The predicted molar refractivity (Wildman–Crippen MR) is 126 cm³/mol. The summed E-state index contributed by atoms with van der Waals surface area (Å²) in [6.45, 7) is 1.88. The van der Waals surface area contributed by atoms with Crippen LogP contribution in [-0.4, -0.2) is 16.8 Å². The molecule has 33 heavy (non-hydrogen) atoms. The average molecular weight is 506 g/mol. The number of hydrogen-bond donors (Lipinski definition) is 1. The number of Topliss-reactive ketones (excluding diaryl/α,β-unsaturated/α-hetero) is 1. The van der Waals surface area contributed by atoms with Gasteiger partial charge in [-0.25, -0.2) is 4.39 Å². The van der Waals surface area contributed by atoms with Crippen molar-refractivity contribution in [2.24, 2.45) is 0 Å². The summed E-state index contributed by atoms with van der Waals surface area (Å²) in [6, 6.07) is 18.6. The molecule has 0 saturated heterocycles. The molecule has 0 spiro atoms. The molecule has 0 saturated carbocycles. The van der Waals surface area contributed by atoms with Crippen molar-refractivity contribution in [2.75, 3.05) is 4.90 Å². The number of carbonyl (C=O) groups is 2. The van der Waals surface area contributed by atoms with Crippen LogP contribution in [0.1, 0.15) is 27.7 Å². The van der Waals surface area contributed by atoms with Crippen LogP contribution in [0.4, 0.5) is 10.1 Å². The number of furan rings is 1. The molecule has 1 N–H and O–H groups in total. The van der Waals surface area contributed by atoms with Crippen molar-refractivity contribution in [1.29, 1.82) is 0 Å². The fourth-order valence-electron chi connectivity index (χ4n) is 4.10. The third-order valence-corrected chi connectivity index (χ3v) is 6.11. The van der Waals surface area contributed by atoms with Gasteiger partial charge in [0.15, 0.2) is 11.5 Å². The minimum atomic E-state index is -0.952. The average Bonchev–Trinajstić information content (AvgIpc) is 3.32. The number of hydrogen-bond acceptors (Lipinski definition) is 4. The molecule has 5 nitrogen and oxygen atoms in total. The third kappa shape index (κ3) is 3.64. The number of carbonyl (C=O) groups excluding carboxylic acids is 2. The van der Waals surface area contributed by atoms with Crippen molar-refractivity contribution in [2.45, 2.75) is 13.0 Å². The first-order valence-electron chi connectivity index (χ1n) is 10.2. The lowest BCUT2D eigenvalue weighted by Crippen LogP contribution is -2.31. The number of nitrogens with zero attached hydrogens (tertiary/aromatic N) is 1. The molecule has 0 fully saturated rings. The number of aryl methyl sites for hydroxylation is 1. The summed E-state index contributed by atoms with van der Waals surface area (Å²) < 4.78 is 20.2. The number of benzene rings is 3. The van der Waals surface area contributed by atoms with Crippen LogP contribution in [0.25, 0.3) is 11.0 Å². The number of aliphatic hydroxyl groups excluding tert-OH is 1. The fourth-order valence-corrected chi connectivity index (χ4v) is 4.48. The molecular weight excluding hydrogens is 489 g/mol. The first kappa shape index (κ1) is 21.2. The highest BCUT2D eigenvalue weighted by Crippen LogP contribution is 2.42. The monoisotopic (exact) mass is 505 g/mol. The SMILES string of the molecule is Cc1cccc(N2C(=O)C(O)=C(C(=O)c3cc4cc(Br)ccc4o3)C2c2ccc(F)cc2)c1. The molecule has 1 aliphatic rings. The Bertz CT molecular complexity index is 1450. The maximum atomic E-state index is 13.6. The van der Waals surface area contributed by atoms with E-state index < -0.39 is 29.3 Å². The van der Waals surface area contributed by atoms with E-state index in [-0.39, 0.29) is 11.3 Å². The second-order valence-electron chi connectivity index (χ2n) is 7.85. The molecule has 1 aliphatic heterocycles. The summed E-state index contributed by atoms with van der Waals surface area (Å²) in [7, 11) is 0. The van der Waals surface area contributed by atoms with Gasteiger partial charge in [-0.3, -0.25) is 14.5 Å². The largest absolute Gasteiger partial charge is 0.503 e. The number of amides is 1. The maximum Gasteiger partial charge on any atom is 0.294 e. The van der Waals surface area contributed by atoms with Crippen molar-refractivity contribution in [3.8, 4) is 0 Å². The second-order valence-corrected chi connectivity index (χ2v) is 8.77. The summed E-state index contributed by atoms with van der Waals surface area (Å²) in [5, 5.41) is 11.5. The smallest absolute Gasteiger partial charge is 0.294 e. The van der Waals surface area contributed by atoms with E-state index in [1.807, 2.05) is 13.0 Å². The first-order valence-corrected chi connectivity index (χ1v) is 11.0. The summed E-state index contributed by atoms with van der Waals surface area (Å²) in [4.78, 5) is 28.1. The lowest BCUT2D eigenvalue weighted by atomic mass is 9.94. The standard InChI is InChI=1S/C26H17BrFNO4/c1-14-3-2-4-19(11-14)29-23(15-5-8-18(28)9-6-15)22(25(31)26(29)32)24(30)21-13-16-12-17(27)7-10-20(16)33-21/h2-13,23,31H,1H3. The van der Waals surface area contributed by atoms with Gasteiger partial charge in [0.05, 0.1) is 11.6 Å². The van der Waals surface area contributed by atoms with Gasteiger partial charge in [-0.2, -0.15) is 0 Å². The van der Waals surface area contributed by atoms with Gasteiger partial charge in [0, 0.05) is 15.5 Å². The minimum Gasteiger partial charge on any atom is -0.503 e. The van der Waals surface area contributed by atoms with Crippen LogP contribution in [-0.2, 0) is 4.79 Å². The maximum absolute atomic E-state index is 13.6. The molecule has 0 bridgehead atoms. The Balaban J connectivity index is 1.66. The molecule has 3 aromatic carbocycles. The van der Waals surface area contributed by atoms with E-state index in [9.17, 15) is 19.1 Å². The van der Waals surface area contributed by atoms with Gasteiger partial charge in [-0.1, -0.05) is 40.2 Å². The molecule has 5 rings (SSSR count). The number of halogens is 2. The molecule has 1 atom stereocenters. The van der Waals surface area contributed by atoms with E-state index in [0.29, 0.717) is 22.2 Å². The van der Waals surface area contributed by atoms with E-state index in [1.165, 1.54) is 29.2 Å². The van der Waals surface area contributed by atoms with Crippen LogP contribution in [0.2, 0.25) is 0 Å². The van der Waals surface area contributed by atoms with Crippen LogP contribution in [0.3, 0.4) is 0 Å². The van der Waals surface area contributed by atoms with Gasteiger partial charge >= 0.3 is 0 Å². The molecule has 4 aromatic rings. The lowest BCUT2D eigenvalue weighted by Gasteiger charge is -2.27. The Morgan fingerprint density at radius 2 is 1.82 bits per heavy atom. The van der Waals surface area contributed by atoms with Gasteiger partial charge in [0.2, 0.25) is 5.78 Å². The van der Waals surface area contributed by atoms with Gasteiger partial charge < -0.3 is 9.52 Å². The molecule has 0 radical (unpaired) electrons. The number of rotatable bonds is 4. The lowest BCUT2D eigenvalue weighted by molar-refractivity contribution is -0.117. The van der Waals surface area contributed by atoms with Crippen molar-refractivity contribution < 1.29 is 23.5 Å². The molecule has 164 valence electrons. The zero-order valence-electron chi connectivity index (χ0n) is 17.4. The van der Waals surface area contributed by atoms with E-state index in [4.69, 9.17) is 4.42 Å². The van der Waals surface area contributed by atoms with Crippen LogP contribution < -0.4 is 4.90 Å². The number of aliphatic hydroxyl groups is 1. The quantitative estimate of drug-likeness (QED) is 0.324. The first-order chi connectivity index (χ1) is 15.8. The molecule has 1 unspecified atom stereocenters. The minimum absolute atomic E-state index is 0.00402. The summed E-state index contributed by atoms with van der Waals surface area (Å²) in [5.41, 5.74) is 2.28. The zero-order valence-corrected chi connectivity index (χ0v) is 19.0. The Labute approximate surface area is 196 Å². The molecule has 1 amide bonds. The number of fused-ring (bicyclic) bond motifs is 1. The number of ketones is 1. The van der Waals surface area contributed by atoms with Gasteiger partial charge in [0.1, 0.15) is 11.4 Å². The van der Waals surface area contributed by atoms with Gasteiger partial charge in [0.25, 0.3) is 5.91 Å². The number of anilines is 1. The van der Waals surface area contributed by atoms with Crippen molar-refractivity contribution >= 4 is 44.3 Å². The molecule has 0 aliphatic carbocycles. The molecule has 2 heterocycles. The predicted octanol–water partition coefficient (Wildman–Crippen LogP) is 6.43. The molecular formula is C26H17BrFNO4. The van der Waals surface area contributed by atoms with Crippen molar-refractivity contribution in [3.63, 3.8) is 0 Å². The highest BCUT2D eigenvalue weighted by atomic mass is 79.9. The van der Waals surface area contributed by atoms with E-state index >= 15 is 0 Å². The van der Waals surface area contributed by atoms with Crippen LogP contribution in [0.5, 0.6) is 0 Å². The normalized spacial score (nSPS) is 16.2.